The first-order valence-electron chi connectivity index (χ1n) is 12.9. The molecule has 0 spiro atoms. The lowest BCUT2D eigenvalue weighted by Gasteiger charge is -2.32. The SMILES string of the molecule is CCCNC(=O)[C@@H](C)N(Cc1ccc(F)cc1)C(=O)CN(c1ccc(Cl)c(C(F)(F)F)c1)S(=O)(=O)c1ccc(C)cc1. The highest BCUT2D eigenvalue weighted by molar-refractivity contribution is 7.92. The van der Waals surface area contributed by atoms with Crippen molar-refractivity contribution in [3.63, 3.8) is 0 Å². The molecule has 3 aromatic carbocycles. The molecule has 1 atom stereocenters. The van der Waals surface area contributed by atoms with Gasteiger partial charge in [-0.05, 0) is 68.3 Å². The van der Waals surface area contributed by atoms with Crippen molar-refractivity contribution >= 4 is 39.1 Å². The van der Waals surface area contributed by atoms with Gasteiger partial charge in [0.25, 0.3) is 10.0 Å². The monoisotopic (exact) mass is 627 g/mol. The van der Waals surface area contributed by atoms with E-state index in [9.17, 15) is 35.6 Å². The van der Waals surface area contributed by atoms with Crippen LogP contribution in [0.3, 0.4) is 0 Å². The number of nitrogens with one attached hydrogen (secondary N) is 1. The Balaban J connectivity index is 2.11. The molecular formula is C29H30ClF4N3O4S. The number of benzene rings is 3. The maximum atomic E-state index is 13.8. The Labute approximate surface area is 247 Å². The average molecular weight is 628 g/mol. The number of rotatable bonds is 11. The summed E-state index contributed by atoms with van der Waals surface area (Å²) in [6.45, 7) is 4.18. The van der Waals surface area contributed by atoms with Gasteiger partial charge in [0, 0.05) is 13.1 Å². The topological polar surface area (TPSA) is 86.8 Å². The van der Waals surface area contributed by atoms with Crippen LogP contribution in [0, 0.1) is 12.7 Å². The van der Waals surface area contributed by atoms with Crippen LogP contribution in [0.25, 0.3) is 0 Å². The third-order valence-corrected chi connectivity index (χ3v) is 8.53. The number of alkyl halides is 3. The molecule has 2 amide bonds. The van der Waals surface area contributed by atoms with Gasteiger partial charge in [-0.2, -0.15) is 13.2 Å². The zero-order valence-corrected chi connectivity index (χ0v) is 24.7. The van der Waals surface area contributed by atoms with E-state index in [1.165, 1.54) is 55.5 Å². The molecular weight excluding hydrogens is 598 g/mol. The summed E-state index contributed by atoms with van der Waals surface area (Å²) in [4.78, 5) is 27.5. The Morgan fingerprint density at radius 1 is 1.00 bits per heavy atom. The first-order valence-corrected chi connectivity index (χ1v) is 14.7. The number of carbonyl (C=O) groups excluding carboxylic acids is 2. The van der Waals surface area contributed by atoms with Crippen molar-refractivity contribution < 1.29 is 35.6 Å². The summed E-state index contributed by atoms with van der Waals surface area (Å²) >= 11 is 5.78. The molecule has 0 bridgehead atoms. The second-order valence-corrected chi connectivity index (χ2v) is 11.9. The molecule has 0 saturated carbocycles. The maximum Gasteiger partial charge on any atom is 0.417 e. The molecule has 0 aromatic heterocycles. The van der Waals surface area contributed by atoms with Gasteiger partial charge in [-0.3, -0.25) is 13.9 Å². The number of sulfonamides is 1. The van der Waals surface area contributed by atoms with Crippen molar-refractivity contribution in [3.8, 4) is 0 Å². The lowest BCUT2D eigenvalue weighted by Crippen LogP contribution is -2.51. The van der Waals surface area contributed by atoms with Crippen LogP contribution in [-0.2, 0) is 32.3 Å². The highest BCUT2D eigenvalue weighted by atomic mass is 35.5. The second kappa shape index (κ2) is 13.6. The Hall–Kier alpha value is -3.64. The quantitative estimate of drug-likeness (QED) is 0.267. The van der Waals surface area contributed by atoms with Gasteiger partial charge in [0.2, 0.25) is 11.8 Å². The van der Waals surface area contributed by atoms with Crippen LogP contribution in [0.5, 0.6) is 0 Å². The molecule has 0 aliphatic rings. The van der Waals surface area contributed by atoms with Crippen LogP contribution < -0.4 is 9.62 Å². The van der Waals surface area contributed by atoms with E-state index < -0.39 is 62.7 Å². The molecule has 0 aliphatic carbocycles. The van der Waals surface area contributed by atoms with Crippen molar-refractivity contribution in [2.45, 2.75) is 50.9 Å². The largest absolute Gasteiger partial charge is 0.417 e. The standard InChI is InChI=1S/C29H30ClF4N3O4S/c1-4-15-35-28(39)20(3)36(17-21-7-9-22(31)10-8-21)27(38)18-37(42(40,41)24-12-5-19(2)6-13-24)23-11-14-26(30)25(16-23)29(32,33)34/h5-14,16,20H,4,15,17-18H2,1-3H3,(H,35,39)/t20-/m1/s1. The fraction of sp³-hybridized carbons (Fsp3) is 0.310. The fourth-order valence-electron chi connectivity index (χ4n) is 4.02. The van der Waals surface area contributed by atoms with Crippen LogP contribution in [0.1, 0.15) is 37.0 Å². The van der Waals surface area contributed by atoms with Gasteiger partial charge in [0.15, 0.2) is 0 Å². The lowest BCUT2D eigenvalue weighted by molar-refractivity contribution is -0.139. The molecule has 0 heterocycles. The van der Waals surface area contributed by atoms with E-state index in [2.05, 4.69) is 5.32 Å². The smallest absolute Gasteiger partial charge is 0.354 e. The Morgan fingerprint density at radius 3 is 2.19 bits per heavy atom. The first kappa shape index (κ1) is 32.9. The van der Waals surface area contributed by atoms with Crippen LogP contribution in [0.15, 0.2) is 71.6 Å². The normalized spacial score (nSPS) is 12.5. The number of anilines is 1. The minimum atomic E-state index is -4.91. The van der Waals surface area contributed by atoms with Gasteiger partial charge in [0.1, 0.15) is 18.4 Å². The summed E-state index contributed by atoms with van der Waals surface area (Å²) in [5.41, 5.74) is -0.558. The van der Waals surface area contributed by atoms with Crippen molar-refractivity contribution in [3.05, 3.63) is 94.3 Å². The molecule has 226 valence electrons. The first-order chi connectivity index (χ1) is 19.6. The number of nitrogens with zero attached hydrogens (tertiary/aromatic N) is 2. The summed E-state index contributed by atoms with van der Waals surface area (Å²) in [7, 11) is -4.59. The summed E-state index contributed by atoms with van der Waals surface area (Å²) in [6, 6.07) is 12.1. The maximum absolute atomic E-state index is 13.8. The third kappa shape index (κ3) is 8.01. The third-order valence-electron chi connectivity index (χ3n) is 6.41. The lowest BCUT2D eigenvalue weighted by atomic mass is 10.1. The summed E-state index contributed by atoms with van der Waals surface area (Å²) in [6.07, 6.45) is -4.29. The number of hydrogen-bond acceptors (Lipinski definition) is 4. The van der Waals surface area contributed by atoms with E-state index in [0.29, 0.717) is 28.9 Å². The van der Waals surface area contributed by atoms with E-state index in [0.717, 1.165) is 22.6 Å². The van der Waals surface area contributed by atoms with E-state index in [1.54, 1.807) is 6.92 Å². The van der Waals surface area contributed by atoms with Gasteiger partial charge in [-0.25, -0.2) is 12.8 Å². The molecule has 1 N–H and O–H groups in total. The summed E-state index contributed by atoms with van der Waals surface area (Å²) in [5, 5.41) is 2.03. The van der Waals surface area contributed by atoms with Crippen molar-refractivity contribution in [2.75, 3.05) is 17.4 Å². The van der Waals surface area contributed by atoms with E-state index in [4.69, 9.17) is 11.6 Å². The van der Waals surface area contributed by atoms with Crippen LogP contribution in [-0.4, -0.2) is 44.3 Å². The zero-order chi connectivity index (χ0) is 31.2. The molecule has 3 rings (SSSR count). The molecule has 0 aliphatic heterocycles. The Morgan fingerprint density at radius 2 is 1.62 bits per heavy atom. The van der Waals surface area contributed by atoms with Gasteiger partial charge in [0.05, 0.1) is 21.2 Å². The molecule has 7 nitrogen and oxygen atoms in total. The highest BCUT2D eigenvalue weighted by Crippen LogP contribution is 2.38. The minimum Gasteiger partial charge on any atom is -0.354 e. The second-order valence-electron chi connectivity index (χ2n) is 9.60. The van der Waals surface area contributed by atoms with Crippen molar-refractivity contribution in [2.24, 2.45) is 0 Å². The highest BCUT2D eigenvalue weighted by Gasteiger charge is 2.37. The molecule has 13 heteroatoms. The van der Waals surface area contributed by atoms with E-state index in [-0.39, 0.29) is 11.4 Å². The minimum absolute atomic E-state index is 0.202. The van der Waals surface area contributed by atoms with E-state index in [1.807, 2.05) is 6.92 Å². The van der Waals surface area contributed by atoms with E-state index >= 15 is 0 Å². The zero-order valence-electron chi connectivity index (χ0n) is 23.1. The number of aryl methyl sites for hydroxylation is 1. The molecule has 0 fully saturated rings. The Kier molecular flexibility index (Phi) is 10.6. The number of hydrogen-bond donors (Lipinski definition) is 1. The molecule has 42 heavy (non-hydrogen) atoms. The van der Waals surface area contributed by atoms with Gasteiger partial charge in [-0.1, -0.05) is 48.4 Å². The number of carbonyl (C=O) groups is 2. The fourth-order valence-corrected chi connectivity index (χ4v) is 5.65. The van der Waals surface area contributed by atoms with Crippen LogP contribution in [0.4, 0.5) is 23.2 Å². The summed E-state index contributed by atoms with van der Waals surface area (Å²) in [5.74, 6) is -1.92. The number of halogens is 5. The van der Waals surface area contributed by atoms with Crippen molar-refractivity contribution in [1.82, 2.24) is 10.2 Å². The Bertz CT molecular complexity index is 1520. The van der Waals surface area contributed by atoms with Gasteiger partial charge in [-0.15, -0.1) is 0 Å². The average Bonchev–Trinajstić information content (AvgIpc) is 2.93. The van der Waals surface area contributed by atoms with Crippen LogP contribution >= 0.6 is 11.6 Å². The molecule has 0 radical (unpaired) electrons. The summed E-state index contributed by atoms with van der Waals surface area (Å²) < 4.78 is 82.8. The molecule has 0 saturated heterocycles. The molecule has 3 aromatic rings. The van der Waals surface area contributed by atoms with Gasteiger partial charge >= 0.3 is 6.18 Å². The van der Waals surface area contributed by atoms with Crippen molar-refractivity contribution in [1.29, 1.82) is 0 Å². The van der Waals surface area contributed by atoms with Gasteiger partial charge < -0.3 is 10.2 Å². The predicted molar refractivity (Wildman–Crippen MR) is 152 cm³/mol. The predicted octanol–water partition coefficient (Wildman–Crippen LogP) is 5.95. The number of amides is 2. The van der Waals surface area contributed by atoms with Crippen LogP contribution in [0.2, 0.25) is 5.02 Å². The molecule has 0 unspecified atom stereocenters.